The Morgan fingerprint density at radius 3 is 2.07 bits per heavy atom. The fourth-order valence-corrected chi connectivity index (χ4v) is 2.05. The third kappa shape index (κ3) is 3.02. The molecule has 0 aliphatic carbocycles. The molecule has 15 heavy (non-hydrogen) atoms. The highest BCUT2D eigenvalue weighted by molar-refractivity contribution is 5.79. The first-order valence-corrected chi connectivity index (χ1v) is 5.53. The Morgan fingerprint density at radius 2 is 1.67 bits per heavy atom. The van der Waals surface area contributed by atoms with Crippen LogP contribution < -0.4 is 0 Å². The largest absolute Gasteiger partial charge is 0.342 e. The SMILES string of the molecule is C=O.CN1CCC(C(=O)N2CCC2)CC1. The third-order valence-electron chi connectivity index (χ3n) is 3.24. The summed E-state index contributed by atoms with van der Waals surface area (Å²) in [5.41, 5.74) is 0. The molecule has 0 aromatic heterocycles. The van der Waals surface area contributed by atoms with Gasteiger partial charge in [-0.05, 0) is 39.4 Å². The number of rotatable bonds is 1. The standard InChI is InChI=1S/C10H18N2O.CH2O/c1-11-7-3-9(4-8-11)10(13)12-5-2-6-12;1-2/h9H,2-8H2,1H3;1H2. The molecule has 0 N–H and O–H groups in total. The van der Waals surface area contributed by atoms with Gasteiger partial charge in [0, 0.05) is 19.0 Å². The number of amides is 1. The first kappa shape index (κ1) is 12.2. The molecule has 2 aliphatic heterocycles. The minimum Gasteiger partial charge on any atom is -0.342 e. The molecule has 2 saturated heterocycles. The molecule has 1 amide bonds. The van der Waals surface area contributed by atoms with E-state index in [4.69, 9.17) is 4.79 Å². The van der Waals surface area contributed by atoms with Gasteiger partial charge >= 0.3 is 0 Å². The van der Waals surface area contributed by atoms with Crippen LogP contribution in [0.5, 0.6) is 0 Å². The van der Waals surface area contributed by atoms with Crippen molar-refractivity contribution in [2.45, 2.75) is 19.3 Å². The molecule has 2 fully saturated rings. The number of carbonyl (C=O) groups excluding carboxylic acids is 2. The van der Waals surface area contributed by atoms with Gasteiger partial charge in [0.25, 0.3) is 0 Å². The molecule has 2 heterocycles. The van der Waals surface area contributed by atoms with Gasteiger partial charge in [-0.3, -0.25) is 4.79 Å². The Morgan fingerprint density at radius 1 is 1.13 bits per heavy atom. The van der Waals surface area contributed by atoms with Crippen LogP contribution in [0.4, 0.5) is 0 Å². The van der Waals surface area contributed by atoms with Crippen molar-refractivity contribution < 1.29 is 9.59 Å². The Labute approximate surface area is 91.2 Å². The topological polar surface area (TPSA) is 40.6 Å². The van der Waals surface area contributed by atoms with E-state index >= 15 is 0 Å². The van der Waals surface area contributed by atoms with Crippen LogP contribution in [0.15, 0.2) is 0 Å². The average Bonchev–Trinajstić information content (AvgIpc) is 2.19. The Kier molecular flexibility index (Phi) is 4.75. The highest BCUT2D eigenvalue weighted by Gasteiger charge is 2.29. The highest BCUT2D eigenvalue weighted by atomic mass is 16.2. The molecule has 0 aromatic rings. The number of piperidine rings is 1. The predicted molar refractivity (Wildman–Crippen MR) is 58.5 cm³/mol. The summed E-state index contributed by atoms with van der Waals surface area (Å²) in [6, 6.07) is 0. The molecule has 0 radical (unpaired) electrons. The van der Waals surface area contributed by atoms with Crippen molar-refractivity contribution in [3.05, 3.63) is 0 Å². The van der Waals surface area contributed by atoms with Crippen LogP contribution in [-0.4, -0.2) is 55.7 Å². The van der Waals surface area contributed by atoms with E-state index in [9.17, 15) is 4.79 Å². The molecule has 86 valence electrons. The second kappa shape index (κ2) is 5.85. The molecule has 0 saturated carbocycles. The summed E-state index contributed by atoms with van der Waals surface area (Å²) in [6.07, 6.45) is 3.33. The lowest BCUT2D eigenvalue weighted by atomic mass is 9.94. The van der Waals surface area contributed by atoms with E-state index in [0.29, 0.717) is 11.8 Å². The highest BCUT2D eigenvalue weighted by Crippen LogP contribution is 2.21. The van der Waals surface area contributed by atoms with Crippen molar-refractivity contribution in [1.82, 2.24) is 9.80 Å². The van der Waals surface area contributed by atoms with Gasteiger partial charge in [0.15, 0.2) is 0 Å². The normalized spacial score (nSPS) is 22.6. The van der Waals surface area contributed by atoms with Crippen molar-refractivity contribution in [3.8, 4) is 0 Å². The Balaban J connectivity index is 0.000000531. The summed E-state index contributed by atoms with van der Waals surface area (Å²) in [5.74, 6) is 0.746. The van der Waals surface area contributed by atoms with Crippen molar-refractivity contribution in [1.29, 1.82) is 0 Å². The predicted octanol–water partition coefficient (Wildman–Crippen LogP) is 0.376. The van der Waals surface area contributed by atoms with E-state index in [1.807, 2.05) is 11.7 Å². The maximum atomic E-state index is 11.8. The Hall–Kier alpha value is -0.900. The maximum absolute atomic E-state index is 11.8. The zero-order valence-electron chi connectivity index (χ0n) is 9.45. The average molecular weight is 212 g/mol. The molecular formula is C11H20N2O2. The number of carbonyl (C=O) groups is 2. The summed E-state index contributed by atoms with van der Waals surface area (Å²) in [7, 11) is 2.13. The summed E-state index contributed by atoms with van der Waals surface area (Å²) in [6.45, 7) is 6.19. The fourth-order valence-electron chi connectivity index (χ4n) is 2.05. The van der Waals surface area contributed by atoms with Crippen LogP contribution >= 0.6 is 0 Å². The lowest BCUT2D eigenvalue weighted by Gasteiger charge is -2.36. The van der Waals surface area contributed by atoms with Crippen LogP contribution in [0.25, 0.3) is 0 Å². The van der Waals surface area contributed by atoms with Gasteiger partial charge in [0.1, 0.15) is 6.79 Å². The van der Waals surface area contributed by atoms with Gasteiger partial charge in [0.2, 0.25) is 5.91 Å². The zero-order chi connectivity index (χ0) is 11.3. The van der Waals surface area contributed by atoms with Crippen LogP contribution in [-0.2, 0) is 9.59 Å². The first-order valence-electron chi connectivity index (χ1n) is 5.53. The summed E-state index contributed by atoms with van der Waals surface area (Å²) in [5, 5.41) is 0. The lowest BCUT2D eigenvalue weighted by molar-refractivity contribution is -0.140. The smallest absolute Gasteiger partial charge is 0.225 e. The quantitative estimate of drug-likeness (QED) is 0.631. The van der Waals surface area contributed by atoms with Gasteiger partial charge in [-0.25, -0.2) is 0 Å². The van der Waals surface area contributed by atoms with E-state index in [2.05, 4.69) is 11.9 Å². The summed E-state index contributed by atoms with van der Waals surface area (Å²) in [4.78, 5) is 24.1. The monoisotopic (exact) mass is 212 g/mol. The van der Waals surface area contributed by atoms with E-state index in [1.54, 1.807) is 0 Å². The zero-order valence-corrected chi connectivity index (χ0v) is 9.45. The number of likely N-dealkylation sites (tertiary alicyclic amines) is 2. The van der Waals surface area contributed by atoms with Crippen molar-refractivity contribution >= 4 is 12.7 Å². The van der Waals surface area contributed by atoms with Gasteiger partial charge in [-0.15, -0.1) is 0 Å². The van der Waals surface area contributed by atoms with E-state index in [1.165, 1.54) is 6.42 Å². The van der Waals surface area contributed by atoms with Crippen molar-refractivity contribution in [3.63, 3.8) is 0 Å². The van der Waals surface area contributed by atoms with Crippen molar-refractivity contribution in [2.75, 3.05) is 33.2 Å². The van der Waals surface area contributed by atoms with Gasteiger partial charge < -0.3 is 14.6 Å². The summed E-state index contributed by atoms with van der Waals surface area (Å²) >= 11 is 0. The number of nitrogens with zero attached hydrogens (tertiary/aromatic N) is 2. The fraction of sp³-hybridized carbons (Fsp3) is 0.818. The molecule has 0 bridgehead atoms. The molecule has 4 nitrogen and oxygen atoms in total. The van der Waals surface area contributed by atoms with Gasteiger partial charge in [0.05, 0.1) is 0 Å². The second-order valence-corrected chi connectivity index (χ2v) is 4.26. The lowest BCUT2D eigenvalue weighted by Crippen LogP contribution is -2.47. The molecule has 2 rings (SSSR count). The second-order valence-electron chi connectivity index (χ2n) is 4.26. The summed E-state index contributed by atoms with van der Waals surface area (Å²) < 4.78 is 0. The molecule has 0 aromatic carbocycles. The van der Waals surface area contributed by atoms with Gasteiger partial charge in [-0.1, -0.05) is 0 Å². The minimum absolute atomic E-state index is 0.330. The van der Waals surface area contributed by atoms with Crippen LogP contribution in [0.3, 0.4) is 0 Å². The minimum atomic E-state index is 0.330. The van der Waals surface area contributed by atoms with Crippen molar-refractivity contribution in [2.24, 2.45) is 5.92 Å². The molecular weight excluding hydrogens is 192 g/mol. The first-order chi connectivity index (χ1) is 7.27. The molecule has 0 unspecified atom stereocenters. The molecule has 0 spiro atoms. The number of hydrogen-bond donors (Lipinski definition) is 0. The van der Waals surface area contributed by atoms with E-state index in [-0.39, 0.29) is 0 Å². The van der Waals surface area contributed by atoms with Crippen LogP contribution in [0, 0.1) is 5.92 Å². The molecule has 2 aliphatic rings. The van der Waals surface area contributed by atoms with Crippen LogP contribution in [0.2, 0.25) is 0 Å². The maximum Gasteiger partial charge on any atom is 0.225 e. The Bertz CT molecular complexity index is 209. The molecule has 4 heteroatoms. The van der Waals surface area contributed by atoms with E-state index < -0.39 is 0 Å². The van der Waals surface area contributed by atoms with E-state index in [0.717, 1.165) is 39.0 Å². The van der Waals surface area contributed by atoms with Crippen LogP contribution in [0.1, 0.15) is 19.3 Å². The third-order valence-corrected chi connectivity index (χ3v) is 3.24. The molecule has 0 atom stereocenters. The van der Waals surface area contributed by atoms with Gasteiger partial charge in [-0.2, -0.15) is 0 Å². The number of hydrogen-bond acceptors (Lipinski definition) is 3.